The number of rotatable bonds is 8. The number of nitrogens with zero attached hydrogens (tertiary/aromatic N) is 2. The Morgan fingerprint density at radius 3 is 1.35 bits per heavy atom. The molecule has 0 radical (unpaired) electrons. The van der Waals surface area contributed by atoms with E-state index >= 15 is 0 Å². The van der Waals surface area contributed by atoms with E-state index in [2.05, 4.69) is 82.9 Å². The maximum absolute atomic E-state index is 11.4. The van der Waals surface area contributed by atoms with Crippen LogP contribution in [0.1, 0.15) is 101 Å². The molecule has 0 saturated heterocycles. The molecule has 3 aromatic carbocycles. The number of carboxylic acid groups (broad SMARTS) is 2. The van der Waals surface area contributed by atoms with E-state index in [1.165, 1.54) is 62.6 Å². The Labute approximate surface area is 287 Å². The Kier molecular flexibility index (Phi) is 16.3. The third-order valence-corrected chi connectivity index (χ3v) is 7.46. The van der Waals surface area contributed by atoms with Crippen molar-refractivity contribution in [3.8, 4) is 0 Å². The van der Waals surface area contributed by atoms with Crippen LogP contribution in [0.15, 0.2) is 66.9 Å². The van der Waals surface area contributed by atoms with Crippen molar-refractivity contribution in [2.24, 2.45) is 11.6 Å². The van der Waals surface area contributed by atoms with E-state index in [0.717, 1.165) is 10.5 Å². The standard InChI is InChI=1S/C33H35BN4O4.3C2H6/c1-18-11-20(3)30(21(4)12-18)34(31-22(5)13-19(2)14-23(31)6)25-9-7-24(8-10-25)27(35)17-38(36)26-15-28(32(39)40)37-29(16-26)33(41)42;3*1-2/h7-17H,35-36H2,1-6H3,(H,39,40)(H,41,42);3*1-2H3/b27-17-;;;. The van der Waals surface area contributed by atoms with Crippen LogP contribution in [0.5, 0.6) is 0 Å². The van der Waals surface area contributed by atoms with Crippen molar-refractivity contribution >= 4 is 46.4 Å². The van der Waals surface area contributed by atoms with Crippen LogP contribution in [0.4, 0.5) is 5.69 Å². The highest BCUT2D eigenvalue weighted by molar-refractivity contribution is 6.96. The average molecular weight is 653 g/mol. The number of benzene rings is 3. The summed E-state index contributed by atoms with van der Waals surface area (Å²) in [6.07, 6.45) is 1.42. The second kappa shape index (κ2) is 19.1. The van der Waals surface area contributed by atoms with Gasteiger partial charge in [0.05, 0.1) is 11.4 Å². The lowest BCUT2D eigenvalue weighted by Crippen LogP contribution is -2.55. The van der Waals surface area contributed by atoms with Gasteiger partial charge in [-0.2, -0.15) is 0 Å². The molecule has 0 unspecified atom stereocenters. The topological polar surface area (TPSA) is 143 Å². The normalized spacial score (nSPS) is 10.3. The van der Waals surface area contributed by atoms with Crippen LogP contribution in [-0.2, 0) is 0 Å². The number of aromatic nitrogens is 1. The summed E-state index contributed by atoms with van der Waals surface area (Å²) in [7, 11) is 0. The molecule has 0 fully saturated rings. The smallest absolute Gasteiger partial charge is 0.354 e. The van der Waals surface area contributed by atoms with Gasteiger partial charge in [-0.05, 0) is 59.2 Å². The van der Waals surface area contributed by atoms with Gasteiger partial charge in [-0.15, -0.1) is 0 Å². The Morgan fingerprint density at radius 1 is 0.667 bits per heavy atom. The number of carbonyl (C=O) groups is 2. The van der Waals surface area contributed by atoms with Crippen LogP contribution in [0, 0.1) is 41.5 Å². The van der Waals surface area contributed by atoms with Crippen LogP contribution < -0.4 is 33.0 Å². The first-order valence-corrected chi connectivity index (χ1v) is 16.5. The van der Waals surface area contributed by atoms with Crippen molar-refractivity contribution < 1.29 is 19.8 Å². The number of hydrogen-bond acceptors (Lipinski definition) is 6. The van der Waals surface area contributed by atoms with Gasteiger partial charge in [0.2, 0.25) is 6.71 Å². The van der Waals surface area contributed by atoms with Gasteiger partial charge in [0, 0.05) is 6.20 Å². The molecule has 0 amide bonds. The number of nitrogens with two attached hydrogens (primary N) is 2. The third-order valence-electron chi connectivity index (χ3n) is 7.46. The summed E-state index contributed by atoms with van der Waals surface area (Å²) in [5.74, 6) is 3.42. The zero-order valence-electron chi connectivity index (χ0n) is 30.7. The van der Waals surface area contributed by atoms with Crippen molar-refractivity contribution in [1.82, 2.24) is 4.98 Å². The van der Waals surface area contributed by atoms with Gasteiger partial charge < -0.3 is 15.9 Å². The molecule has 0 spiro atoms. The molecule has 256 valence electrons. The monoisotopic (exact) mass is 652 g/mol. The van der Waals surface area contributed by atoms with Crippen LogP contribution in [0.2, 0.25) is 0 Å². The highest BCUT2D eigenvalue weighted by Gasteiger charge is 2.28. The van der Waals surface area contributed by atoms with Gasteiger partial charge in [-0.1, -0.05) is 140 Å². The molecule has 6 N–H and O–H groups in total. The molecule has 1 aromatic heterocycles. The SMILES string of the molecule is CC.CC.CC.Cc1cc(C)c(B(c2ccc(/C(N)=C/N(N)c3cc(C(=O)O)nc(C(=O)O)c3)cc2)c2c(C)cc(C)cc2C)c(C)c1. The zero-order valence-corrected chi connectivity index (χ0v) is 30.7. The predicted octanol–water partition coefficient (Wildman–Crippen LogP) is 6.56. The lowest BCUT2D eigenvalue weighted by molar-refractivity contribution is 0.0685. The Hall–Kier alpha value is -4.89. The summed E-state index contributed by atoms with van der Waals surface area (Å²) >= 11 is 0. The Morgan fingerprint density at radius 2 is 1.02 bits per heavy atom. The number of aromatic carboxylic acids is 2. The molecule has 1 heterocycles. The molecular formula is C39H53BN4O4. The molecule has 9 heteroatoms. The van der Waals surface area contributed by atoms with Gasteiger partial charge in [0.1, 0.15) is 0 Å². The average Bonchev–Trinajstić information content (AvgIpc) is 3.05. The fourth-order valence-electron chi connectivity index (χ4n) is 5.82. The van der Waals surface area contributed by atoms with E-state index in [4.69, 9.17) is 11.6 Å². The molecule has 0 aliphatic rings. The van der Waals surface area contributed by atoms with Crippen molar-refractivity contribution in [3.05, 3.63) is 117 Å². The highest BCUT2D eigenvalue weighted by atomic mass is 16.4. The predicted molar refractivity (Wildman–Crippen MR) is 203 cm³/mol. The number of aryl methyl sites for hydroxylation is 6. The summed E-state index contributed by atoms with van der Waals surface area (Å²) < 4.78 is 0. The molecule has 0 saturated carbocycles. The van der Waals surface area contributed by atoms with Gasteiger partial charge in [0.15, 0.2) is 11.4 Å². The van der Waals surface area contributed by atoms with E-state index in [9.17, 15) is 19.8 Å². The fraction of sp³-hybridized carbons (Fsp3) is 0.308. The van der Waals surface area contributed by atoms with Crippen molar-refractivity contribution in [2.75, 3.05) is 5.01 Å². The molecule has 0 bridgehead atoms. The lowest BCUT2D eigenvalue weighted by atomic mass is 9.34. The van der Waals surface area contributed by atoms with E-state index in [1.807, 2.05) is 53.7 Å². The Balaban J connectivity index is 0.00000182. The Bertz CT molecular complexity index is 1600. The number of carboxylic acids is 2. The first-order chi connectivity index (χ1) is 22.8. The minimum atomic E-state index is -1.37. The largest absolute Gasteiger partial charge is 0.477 e. The first-order valence-electron chi connectivity index (χ1n) is 16.5. The van der Waals surface area contributed by atoms with Gasteiger partial charge in [0.25, 0.3) is 0 Å². The number of anilines is 1. The second-order valence-corrected chi connectivity index (χ2v) is 10.9. The molecule has 4 aromatic rings. The second-order valence-electron chi connectivity index (χ2n) is 10.9. The van der Waals surface area contributed by atoms with Gasteiger partial charge in [-0.3, -0.25) is 5.01 Å². The summed E-state index contributed by atoms with van der Waals surface area (Å²) in [5.41, 5.74) is 17.7. The summed E-state index contributed by atoms with van der Waals surface area (Å²) in [6, 6.07) is 19.3. The minimum Gasteiger partial charge on any atom is -0.477 e. The molecule has 0 aliphatic carbocycles. The summed E-state index contributed by atoms with van der Waals surface area (Å²) in [5, 5.41) is 19.8. The maximum Gasteiger partial charge on any atom is 0.354 e. The number of pyridine rings is 1. The van der Waals surface area contributed by atoms with E-state index in [1.54, 1.807) is 0 Å². The molecule has 4 rings (SSSR count). The number of hydrazine groups is 1. The maximum atomic E-state index is 11.4. The highest BCUT2D eigenvalue weighted by Crippen LogP contribution is 2.19. The third kappa shape index (κ3) is 10.1. The van der Waals surface area contributed by atoms with E-state index in [-0.39, 0.29) is 12.4 Å². The zero-order chi connectivity index (χ0) is 36.9. The van der Waals surface area contributed by atoms with Gasteiger partial charge in [-0.25, -0.2) is 20.4 Å². The van der Waals surface area contributed by atoms with E-state index < -0.39 is 23.3 Å². The van der Waals surface area contributed by atoms with Crippen LogP contribution >= 0.6 is 0 Å². The van der Waals surface area contributed by atoms with Crippen LogP contribution in [-0.4, -0.2) is 33.8 Å². The van der Waals surface area contributed by atoms with E-state index in [0.29, 0.717) is 11.3 Å². The quantitative estimate of drug-likeness (QED) is 0.0953. The molecule has 0 atom stereocenters. The van der Waals surface area contributed by atoms with Crippen molar-refractivity contribution in [3.63, 3.8) is 0 Å². The summed E-state index contributed by atoms with van der Waals surface area (Å²) in [4.78, 5) is 26.5. The molecule has 48 heavy (non-hydrogen) atoms. The molecular weight excluding hydrogens is 599 g/mol. The van der Waals surface area contributed by atoms with Crippen molar-refractivity contribution in [2.45, 2.75) is 83.1 Å². The van der Waals surface area contributed by atoms with Crippen LogP contribution in [0.25, 0.3) is 5.70 Å². The molecule has 8 nitrogen and oxygen atoms in total. The van der Waals surface area contributed by atoms with Gasteiger partial charge >= 0.3 is 11.9 Å². The minimum absolute atomic E-state index is 0.0113. The van der Waals surface area contributed by atoms with Crippen LogP contribution in [0.3, 0.4) is 0 Å². The fourth-order valence-corrected chi connectivity index (χ4v) is 5.82. The molecule has 0 aliphatic heterocycles. The first kappa shape index (κ1) is 41.1. The number of hydrogen-bond donors (Lipinski definition) is 4. The lowest BCUT2D eigenvalue weighted by Gasteiger charge is -2.25. The van der Waals surface area contributed by atoms with Crippen molar-refractivity contribution in [1.29, 1.82) is 0 Å². The summed E-state index contributed by atoms with van der Waals surface area (Å²) in [6.45, 7) is 24.9.